The van der Waals surface area contributed by atoms with E-state index in [0.29, 0.717) is 13.2 Å². The lowest BCUT2D eigenvalue weighted by molar-refractivity contribution is 0.134. The highest BCUT2D eigenvalue weighted by atomic mass is 16.5. The van der Waals surface area contributed by atoms with Crippen LogP contribution in [-0.4, -0.2) is 24.7 Å². The monoisotopic (exact) mass is 311 g/mol. The predicted octanol–water partition coefficient (Wildman–Crippen LogP) is 3.86. The molecule has 0 aliphatic carbocycles. The van der Waals surface area contributed by atoms with Crippen LogP contribution in [0.1, 0.15) is 31.7 Å². The summed E-state index contributed by atoms with van der Waals surface area (Å²) >= 11 is 0. The van der Waals surface area contributed by atoms with Crippen LogP contribution in [-0.2, 0) is 11.3 Å². The number of benzene rings is 1. The summed E-state index contributed by atoms with van der Waals surface area (Å²) in [7, 11) is 0. The van der Waals surface area contributed by atoms with E-state index in [-0.39, 0.29) is 0 Å². The van der Waals surface area contributed by atoms with E-state index in [4.69, 9.17) is 10.5 Å². The molecule has 2 heterocycles. The van der Waals surface area contributed by atoms with Crippen molar-refractivity contribution >= 4 is 11.4 Å². The van der Waals surface area contributed by atoms with Gasteiger partial charge < -0.3 is 15.4 Å². The van der Waals surface area contributed by atoms with E-state index in [0.717, 1.165) is 35.6 Å². The van der Waals surface area contributed by atoms with Gasteiger partial charge in [-0.25, -0.2) is 0 Å². The molecule has 4 heteroatoms. The van der Waals surface area contributed by atoms with Crippen molar-refractivity contribution < 1.29 is 4.74 Å². The van der Waals surface area contributed by atoms with E-state index in [9.17, 15) is 0 Å². The van der Waals surface area contributed by atoms with Crippen molar-refractivity contribution in [2.75, 3.05) is 30.3 Å². The predicted molar refractivity (Wildman–Crippen MR) is 95.5 cm³/mol. The molecule has 1 aromatic carbocycles. The zero-order valence-electron chi connectivity index (χ0n) is 13.8. The Bertz CT molecular complexity index is 651. The molecule has 0 bridgehead atoms. The van der Waals surface area contributed by atoms with Crippen LogP contribution >= 0.6 is 0 Å². The quantitative estimate of drug-likeness (QED) is 0.852. The van der Waals surface area contributed by atoms with Gasteiger partial charge in [-0.3, -0.25) is 4.98 Å². The van der Waals surface area contributed by atoms with Gasteiger partial charge in [0.25, 0.3) is 0 Å². The molecule has 23 heavy (non-hydrogen) atoms. The van der Waals surface area contributed by atoms with E-state index in [1.807, 2.05) is 25.3 Å². The molecule has 1 aliphatic heterocycles. The fraction of sp³-hybridized carbons (Fsp3) is 0.421. The Kier molecular flexibility index (Phi) is 5.13. The third-order valence-corrected chi connectivity index (χ3v) is 4.33. The molecule has 2 aromatic rings. The second-order valence-corrected chi connectivity index (χ2v) is 6.01. The van der Waals surface area contributed by atoms with E-state index >= 15 is 0 Å². The summed E-state index contributed by atoms with van der Waals surface area (Å²) in [6.45, 7) is 5.58. The van der Waals surface area contributed by atoms with Gasteiger partial charge in [-0.1, -0.05) is 0 Å². The van der Waals surface area contributed by atoms with Crippen molar-refractivity contribution in [1.29, 1.82) is 0 Å². The van der Waals surface area contributed by atoms with Gasteiger partial charge >= 0.3 is 0 Å². The highest BCUT2D eigenvalue weighted by Crippen LogP contribution is 2.30. The number of piperidine rings is 1. The van der Waals surface area contributed by atoms with Crippen LogP contribution < -0.4 is 10.6 Å². The molecule has 2 N–H and O–H groups in total. The van der Waals surface area contributed by atoms with Crippen molar-refractivity contribution in [2.45, 2.75) is 32.8 Å². The minimum Gasteiger partial charge on any atom is -0.398 e. The first-order valence-corrected chi connectivity index (χ1v) is 8.45. The zero-order chi connectivity index (χ0) is 16.1. The Balaban J connectivity index is 1.89. The minimum atomic E-state index is 0.609. The van der Waals surface area contributed by atoms with Gasteiger partial charge in [0.05, 0.1) is 12.3 Å². The molecule has 0 spiro atoms. The molecule has 0 unspecified atom stereocenters. The normalized spacial score (nSPS) is 14.9. The van der Waals surface area contributed by atoms with Crippen LogP contribution in [0, 0.1) is 0 Å². The first-order chi connectivity index (χ1) is 11.3. The van der Waals surface area contributed by atoms with Crippen molar-refractivity contribution in [3.63, 3.8) is 0 Å². The van der Waals surface area contributed by atoms with Crippen LogP contribution in [0.3, 0.4) is 0 Å². The summed E-state index contributed by atoms with van der Waals surface area (Å²) in [5.41, 5.74) is 11.3. The third-order valence-electron chi connectivity index (χ3n) is 4.33. The van der Waals surface area contributed by atoms with Gasteiger partial charge in [0, 0.05) is 42.8 Å². The Morgan fingerprint density at radius 3 is 2.74 bits per heavy atom. The summed E-state index contributed by atoms with van der Waals surface area (Å²) in [5.74, 6) is 0. The molecule has 1 aliphatic rings. The van der Waals surface area contributed by atoms with Crippen molar-refractivity contribution in [2.24, 2.45) is 0 Å². The second-order valence-electron chi connectivity index (χ2n) is 6.01. The number of aromatic nitrogens is 1. The molecule has 3 rings (SSSR count). The second kappa shape index (κ2) is 7.47. The SMILES string of the molecule is CCOCc1ccnc(-c2cc(N3CCCCC3)ccc2N)c1. The van der Waals surface area contributed by atoms with Crippen LogP contribution in [0.25, 0.3) is 11.3 Å². The number of nitrogen functional groups attached to an aromatic ring is 1. The number of rotatable bonds is 5. The summed E-state index contributed by atoms with van der Waals surface area (Å²) in [5, 5.41) is 0. The Labute approximate surface area is 138 Å². The first-order valence-electron chi connectivity index (χ1n) is 8.45. The van der Waals surface area contributed by atoms with Gasteiger partial charge in [-0.15, -0.1) is 0 Å². The lowest BCUT2D eigenvalue weighted by Crippen LogP contribution is -2.29. The summed E-state index contributed by atoms with van der Waals surface area (Å²) in [6.07, 6.45) is 5.69. The van der Waals surface area contributed by atoms with Gasteiger partial charge in [0.15, 0.2) is 0 Å². The molecular weight excluding hydrogens is 286 g/mol. The van der Waals surface area contributed by atoms with Crippen molar-refractivity contribution in [3.05, 3.63) is 42.1 Å². The highest BCUT2D eigenvalue weighted by molar-refractivity contribution is 5.78. The summed E-state index contributed by atoms with van der Waals surface area (Å²) in [4.78, 5) is 6.95. The highest BCUT2D eigenvalue weighted by Gasteiger charge is 2.13. The lowest BCUT2D eigenvalue weighted by atomic mass is 10.0. The van der Waals surface area contributed by atoms with Crippen molar-refractivity contribution in [1.82, 2.24) is 4.98 Å². The van der Waals surface area contributed by atoms with E-state index in [1.165, 1.54) is 24.9 Å². The average Bonchev–Trinajstić information content (AvgIpc) is 2.61. The van der Waals surface area contributed by atoms with E-state index in [2.05, 4.69) is 28.1 Å². The lowest BCUT2D eigenvalue weighted by Gasteiger charge is -2.29. The fourth-order valence-electron chi connectivity index (χ4n) is 3.05. The number of pyridine rings is 1. The maximum absolute atomic E-state index is 6.21. The topological polar surface area (TPSA) is 51.4 Å². The summed E-state index contributed by atoms with van der Waals surface area (Å²) in [6, 6.07) is 10.4. The molecule has 0 radical (unpaired) electrons. The maximum atomic E-state index is 6.21. The Hall–Kier alpha value is -2.07. The van der Waals surface area contributed by atoms with Crippen LogP contribution in [0.4, 0.5) is 11.4 Å². The van der Waals surface area contributed by atoms with Crippen molar-refractivity contribution in [3.8, 4) is 11.3 Å². The number of nitrogens with zero attached hydrogens (tertiary/aromatic N) is 2. The minimum absolute atomic E-state index is 0.609. The molecule has 1 saturated heterocycles. The molecular formula is C19H25N3O. The molecule has 4 nitrogen and oxygen atoms in total. The zero-order valence-corrected chi connectivity index (χ0v) is 13.8. The maximum Gasteiger partial charge on any atom is 0.0727 e. The molecule has 1 aromatic heterocycles. The largest absolute Gasteiger partial charge is 0.398 e. The van der Waals surface area contributed by atoms with Crippen LogP contribution in [0.5, 0.6) is 0 Å². The number of nitrogens with two attached hydrogens (primary N) is 1. The average molecular weight is 311 g/mol. The molecule has 122 valence electrons. The standard InChI is InChI=1S/C19H25N3O/c1-2-23-14-15-8-9-21-19(12-15)17-13-16(6-7-18(17)20)22-10-4-3-5-11-22/h6-9,12-13H,2-5,10-11,14,20H2,1H3. The number of hydrogen-bond donors (Lipinski definition) is 1. The van der Waals surface area contributed by atoms with E-state index in [1.54, 1.807) is 0 Å². The number of ether oxygens (including phenoxy) is 1. The molecule has 0 saturated carbocycles. The van der Waals surface area contributed by atoms with Gasteiger partial charge in [0.2, 0.25) is 0 Å². The van der Waals surface area contributed by atoms with Crippen LogP contribution in [0.15, 0.2) is 36.5 Å². The van der Waals surface area contributed by atoms with Gasteiger partial charge in [0.1, 0.15) is 0 Å². The van der Waals surface area contributed by atoms with Gasteiger partial charge in [-0.2, -0.15) is 0 Å². The molecule has 0 atom stereocenters. The Morgan fingerprint density at radius 1 is 1.13 bits per heavy atom. The van der Waals surface area contributed by atoms with Gasteiger partial charge in [-0.05, 0) is 62.1 Å². The van der Waals surface area contributed by atoms with E-state index < -0.39 is 0 Å². The smallest absolute Gasteiger partial charge is 0.0727 e. The number of anilines is 2. The first kappa shape index (κ1) is 15.8. The Morgan fingerprint density at radius 2 is 1.96 bits per heavy atom. The van der Waals surface area contributed by atoms with Crippen LogP contribution in [0.2, 0.25) is 0 Å². The summed E-state index contributed by atoms with van der Waals surface area (Å²) < 4.78 is 5.49. The molecule has 0 amide bonds. The fourth-order valence-corrected chi connectivity index (χ4v) is 3.05. The molecule has 1 fully saturated rings. The third kappa shape index (κ3) is 3.82. The number of hydrogen-bond acceptors (Lipinski definition) is 4.